The summed E-state index contributed by atoms with van der Waals surface area (Å²) in [6.45, 7) is 2.48. The fraction of sp³-hybridized carbons (Fsp3) is 0.360. The van der Waals surface area contributed by atoms with Crippen molar-refractivity contribution in [1.82, 2.24) is 14.3 Å². The SMILES string of the molecule is Cc1c2c(=O)n(CC(O)CN=[N+]=[N-])c3cc4c(cc3c2nn1Cc1ccccc1)CCCC4. The van der Waals surface area contributed by atoms with Crippen molar-refractivity contribution in [2.45, 2.75) is 51.8 Å². The topological polar surface area (TPSA) is 109 Å². The minimum absolute atomic E-state index is 0.0619. The van der Waals surface area contributed by atoms with Crippen molar-refractivity contribution in [2.75, 3.05) is 6.54 Å². The lowest BCUT2D eigenvalue weighted by Gasteiger charge is -2.20. The third-order valence-corrected chi connectivity index (χ3v) is 6.60. The van der Waals surface area contributed by atoms with Crippen LogP contribution in [0.1, 0.15) is 35.2 Å². The number of pyridine rings is 1. The quantitative estimate of drug-likeness (QED) is 0.274. The molecule has 1 unspecified atom stereocenters. The molecule has 1 atom stereocenters. The number of hydrogen-bond donors (Lipinski definition) is 1. The van der Waals surface area contributed by atoms with Crippen LogP contribution in [0.3, 0.4) is 0 Å². The van der Waals surface area contributed by atoms with E-state index < -0.39 is 6.10 Å². The van der Waals surface area contributed by atoms with Crippen molar-refractivity contribution in [1.29, 1.82) is 0 Å². The largest absolute Gasteiger partial charge is 0.391 e. The van der Waals surface area contributed by atoms with Gasteiger partial charge in [0, 0.05) is 16.0 Å². The maximum absolute atomic E-state index is 13.7. The van der Waals surface area contributed by atoms with Gasteiger partial charge in [0.1, 0.15) is 5.52 Å². The number of rotatable bonds is 6. The van der Waals surface area contributed by atoms with Crippen LogP contribution in [-0.2, 0) is 25.9 Å². The molecule has 2 aromatic heterocycles. The van der Waals surface area contributed by atoms with Gasteiger partial charge >= 0.3 is 0 Å². The lowest BCUT2D eigenvalue weighted by Crippen LogP contribution is -2.29. The van der Waals surface area contributed by atoms with Crippen molar-refractivity contribution < 1.29 is 5.11 Å². The van der Waals surface area contributed by atoms with Crippen LogP contribution in [0.2, 0.25) is 0 Å². The van der Waals surface area contributed by atoms with E-state index >= 15 is 0 Å². The average molecular weight is 443 g/mol. The van der Waals surface area contributed by atoms with E-state index in [1.54, 1.807) is 4.57 Å². The molecular formula is C25H26N6O2. The van der Waals surface area contributed by atoms with Gasteiger partial charge in [0.15, 0.2) is 0 Å². The normalized spacial score (nSPS) is 14.2. The van der Waals surface area contributed by atoms with Gasteiger partial charge in [-0.3, -0.25) is 9.48 Å². The number of fused-ring (bicyclic) bond motifs is 4. The Morgan fingerprint density at radius 3 is 2.64 bits per heavy atom. The Morgan fingerprint density at radius 2 is 1.91 bits per heavy atom. The highest BCUT2D eigenvalue weighted by atomic mass is 16.3. The highest BCUT2D eigenvalue weighted by Gasteiger charge is 2.22. The summed E-state index contributed by atoms with van der Waals surface area (Å²) in [6, 6.07) is 14.3. The molecule has 1 aliphatic carbocycles. The standard InChI is InChI=1S/C25H26N6O2/c1-16-23-24(28-31(16)14-17-7-3-2-4-8-17)21-11-18-9-5-6-10-19(18)12-22(21)30(25(23)33)15-20(32)13-27-29-26/h2-4,7-8,11-12,20,32H,5-6,9-10,13-15H2,1H3. The monoisotopic (exact) mass is 442 g/mol. The molecule has 0 spiro atoms. The van der Waals surface area contributed by atoms with Crippen LogP contribution in [0.5, 0.6) is 0 Å². The first kappa shape index (κ1) is 21.2. The number of aromatic nitrogens is 3. The Kier molecular flexibility index (Phi) is 5.62. The molecule has 0 saturated carbocycles. The second-order valence-electron chi connectivity index (χ2n) is 8.78. The summed E-state index contributed by atoms with van der Waals surface area (Å²) in [5.41, 5.74) is 14.4. The molecule has 168 valence electrons. The van der Waals surface area contributed by atoms with E-state index in [-0.39, 0.29) is 18.6 Å². The van der Waals surface area contributed by atoms with Crippen molar-refractivity contribution in [2.24, 2.45) is 5.11 Å². The molecule has 0 amide bonds. The highest BCUT2D eigenvalue weighted by Crippen LogP contribution is 2.31. The van der Waals surface area contributed by atoms with Gasteiger partial charge in [-0.1, -0.05) is 35.4 Å². The lowest BCUT2D eigenvalue weighted by molar-refractivity contribution is 0.162. The number of nitrogens with zero attached hydrogens (tertiary/aromatic N) is 6. The summed E-state index contributed by atoms with van der Waals surface area (Å²) < 4.78 is 3.52. The molecule has 0 saturated heterocycles. The Labute approximate surface area is 190 Å². The molecule has 0 aliphatic heterocycles. The first-order valence-electron chi connectivity index (χ1n) is 11.3. The zero-order valence-electron chi connectivity index (χ0n) is 18.6. The van der Waals surface area contributed by atoms with E-state index in [1.165, 1.54) is 11.1 Å². The van der Waals surface area contributed by atoms with Crippen molar-refractivity contribution >= 4 is 21.8 Å². The van der Waals surface area contributed by atoms with Crippen molar-refractivity contribution in [3.05, 3.63) is 85.6 Å². The van der Waals surface area contributed by atoms with Crippen LogP contribution in [0, 0.1) is 6.92 Å². The third kappa shape index (κ3) is 3.88. The zero-order valence-corrected chi connectivity index (χ0v) is 18.6. The summed E-state index contributed by atoms with van der Waals surface area (Å²) in [4.78, 5) is 16.4. The molecule has 2 heterocycles. The van der Waals surface area contributed by atoms with Gasteiger partial charge in [-0.15, -0.1) is 0 Å². The number of aryl methyl sites for hydroxylation is 3. The number of azide groups is 1. The van der Waals surface area contributed by atoms with Gasteiger partial charge in [0.2, 0.25) is 0 Å². The number of hydrogen-bond acceptors (Lipinski definition) is 4. The third-order valence-electron chi connectivity index (χ3n) is 6.60. The van der Waals surface area contributed by atoms with Crippen LogP contribution >= 0.6 is 0 Å². The highest BCUT2D eigenvalue weighted by molar-refractivity contribution is 6.04. The Bertz CT molecular complexity index is 1450. The smallest absolute Gasteiger partial charge is 0.262 e. The van der Waals surface area contributed by atoms with Crippen molar-refractivity contribution in [3.8, 4) is 0 Å². The molecule has 0 fully saturated rings. The first-order valence-corrected chi connectivity index (χ1v) is 11.3. The van der Waals surface area contributed by atoms with Gasteiger partial charge in [0.05, 0.1) is 36.6 Å². The molecule has 33 heavy (non-hydrogen) atoms. The summed E-state index contributed by atoms with van der Waals surface area (Å²) in [5.74, 6) is 0. The van der Waals surface area contributed by atoms with Crippen molar-refractivity contribution in [3.63, 3.8) is 0 Å². The number of aliphatic hydroxyl groups excluding tert-OH is 1. The number of benzene rings is 2. The van der Waals surface area contributed by atoms with E-state index in [0.717, 1.165) is 47.8 Å². The van der Waals surface area contributed by atoms with Crippen LogP contribution in [0.25, 0.3) is 32.2 Å². The lowest BCUT2D eigenvalue weighted by atomic mass is 9.90. The Balaban J connectivity index is 1.74. The van der Waals surface area contributed by atoms with Gasteiger partial charge in [-0.2, -0.15) is 5.10 Å². The van der Waals surface area contributed by atoms with E-state index in [2.05, 4.69) is 22.2 Å². The average Bonchev–Trinajstić information content (AvgIpc) is 3.16. The van der Waals surface area contributed by atoms with Crippen LogP contribution in [0.15, 0.2) is 52.4 Å². The molecule has 2 aromatic carbocycles. The summed E-state index contributed by atoms with van der Waals surface area (Å²) in [5, 5.41) is 20.3. The molecule has 0 bridgehead atoms. The molecule has 8 nitrogen and oxygen atoms in total. The molecule has 0 radical (unpaired) electrons. The predicted molar refractivity (Wildman–Crippen MR) is 128 cm³/mol. The maximum Gasteiger partial charge on any atom is 0.262 e. The van der Waals surface area contributed by atoms with Crippen LogP contribution in [-0.4, -0.2) is 32.1 Å². The first-order chi connectivity index (χ1) is 16.1. The fourth-order valence-electron chi connectivity index (χ4n) is 4.91. The van der Waals surface area contributed by atoms with Crippen LogP contribution in [0.4, 0.5) is 0 Å². The van der Waals surface area contributed by atoms with E-state index in [4.69, 9.17) is 10.6 Å². The second kappa shape index (κ2) is 8.73. The maximum atomic E-state index is 13.7. The Hall–Kier alpha value is -3.61. The zero-order chi connectivity index (χ0) is 22.9. The second-order valence-corrected chi connectivity index (χ2v) is 8.78. The van der Waals surface area contributed by atoms with Gasteiger partial charge in [-0.25, -0.2) is 0 Å². The van der Waals surface area contributed by atoms with Gasteiger partial charge in [0.25, 0.3) is 5.56 Å². The predicted octanol–water partition coefficient (Wildman–Crippen LogP) is 4.26. The molecule has 4 aromatic rings. The van der Waals surface area contributed by atoms with E-state index in [0.29, 0.717) is 17.4 Å². The van der Waals surface area contributed by atoms with E-state index in [1.807, 2.05) is 41.9 Å². The molecule has 1 N–H and O–H groups in total. The fourth-order valence-corrected chi connectivity index (χ4v) is 4.91. The summed E-state index contributed by atoms with van der Waals surface area (Å²) in [6.07, 6.45) is 3.35. The summed E-state index contributed by atoms with van der Waals surface area (Å²) >= 11 is 0. The molecule has 5 rings (SSSR count). The molecule has 1 aliphatic rings. The minimum Gasteiger partial charge on any atom is -0.391 e. The van der Waals surface area contributed by atoms with Gasteiger partial charge < -0.3 is 9.67 Å². The minimum atomic E-state index is -0.949. The molecular weight excluding hydrogens is 416 g/mol. The number of aliphatic hydroxyl groups is 1. The summed E-state index contributed by atoms with van der Waals surface area (Å²) in [7, 11) is 0. The van der Waals surface area contributed by atoms with Crippen LogP contribution < -0.4 is 5.56 Å². The molecule has 8 heteroatoms. The van der Waals surface area contributed by atoms with E-state index in [9.17, 15) is 9.90 Å². The van der Waals surface area contributed by atoms with Gasteiger partial charge in [-0.05, 0) is 67.0 Å². The Morgan fingerprint density at radius 1 is 1.18 bits per heavy atom.